The molecule has 0 saturated carbocycles. The molecule has 0 spiro atoms. The van der Waals surface area contributed by atoms with Crippen LogP contribution < -0.4 is 10.3 Å². The Bertz CT molecular complexity index is 1200. The van der Waals surface area contributed by atoms with Gasteiger partial charge in [-0.05, 0) is 42.7 Å². The minimum absolute atomic E-state index is 0.0242. The van der Waals surface area contributed by atoms with Crippen molar-refractivity contribution < 1.29 is 4.74 Å². The molecular weight excluding hydrogens is 414 g/mol. The maximum Gasteiger partial charge on any atom is 0.262 e. The lowest BCUT2D eigenvalue weighted by atomic mass is 10.2. The van der Waals surface area contributed by atoms with Gasteiger partial charge in [0.1, 0.15) is 5.75 Å². The number of methoxy groups -OCH3 is 1. The first-order chi connectivity index (χ1) is 14.7. The average molecular weight is 438 g/mol. The Morgan fingerprint density at radius 3 is 2.67 bits per heavy atom. The molecule has 2 aromatic heterocycles. The highest BCUT2D eigenvalue weighted by atomic mass is 32.2. The molecule has 30 heavy (non-hydrogen) atoms. The Hall–Kier alpha value is -2.64. The monoisotopic (exact) mass is 437 g/mol. The highest BCUT2D eigenvalue weighted by Crippen LogP contribution is 2.24. The van der Waals surface area contributed by atoms with Crippen molar-refractivity contribution in [1.29, 1.82) is 0 Å². The summed E-state index contributed by atoms with van der Waals surface area (Å²) in [6.07, 6.45) is 2.10. The molecule has 2 aromatic carbocycles. The van der Waals surface area contributed by atoms with Crippen molar-refractivity contribution >= 4 is 34.0 Å². The Morgan fingerprint density at radius 1 is 1.10 bits per heavy atom. The zero-order valence-corrected chi connectivity index (χ0v) is 18.6. The molecule has 0 aliphatic carbocycles. The second-order valence-electron chi connectivity index (χ2n) is 6.92. The lowest BCUT2D eigenvalue weighted by Crippen LogP contribution is -2.24. The largest absolute Gasteiger partial charge is 0.497 e. The molecule has 0 aliphatic heterocycles. The molecule has 2 heterocycles. The molecule has 5 nitrogen and oxygen atoms in total. The quantitative estimate of drug-likeness (QED) is 0.282. The van der Waals surface area contributed by atoms with Crippen LogP contribution in [0.2, 0.25) is 0 Å². The first kappa shape index (κ1) is 20.6. The van der Waals surface area contributed by atoms with Gasteiger partial charge in [-0.15, -0.1) is 11.3 Å². The van der Waals surface area contributed by atoms with Crippen LogP contribution >= 0.6 is 23.1 Å². The second-order valence-corrected chi connectivity index (χ2v) is 8.81. The van der Waals surface area contributed by atoms with Crippen LogP contribution in [0.15, 0.2) is 63.9 Å². The molecular formula is C23H23N3O2S2. The standard InChI is InChI=1S/C23H23N3O2S2/c1-3-6-21-24-17(14-29-21)15-30-23-25-20-8-5-4-7-19(20)22(27)26(23)13-16-9-11-18(28-2)12-10-16/h4-5,7-12,14H,3,6,13,15H2,1-2H3. The first-order valence-electron chi connectivity index (χ1n) is 9.86. The molecule has 154 valence electrons. The summed E-state index contributed by atoms with van der Waals surface area (Å²) in [6, 6.07) is 15.3. The molecule has 0 fully saturated rings. The Balaban J connectivity index is 1.66. The topological polar surface area (TPSA) is 57.0 Å². The summed E-state index contributed by atoms with van der Waals surface area (Å²) >= 11 is 3.26. The molecule has 0 atom stereocenters. The average Bonchev–Trinajstić information content (AvgIpc) is 3.23. The third-order valence-corrected chi connectivity index (χ3v) is 6.71. The third kappa shape index (κ3) is 4.57. The number of thioether (sulfide) groups is 1. The van der Waals surface area contributed by atoms with Gasteiger partial charge in [-0.3, -0.25) is 9.36 Å². The van der Waals surface area contributed by atoms with Crippen molar-refractivity contribution in [2.45, 2.75) is 37.2 Å². The van der Waals surface area contributed by atoms with Gasteiger partial charge in [0, 0.05) is 11.1 Å². The van der Waals surface area contributed by atoms with Crippen molar-refractivity contribution in [1.82, 2.24) is 14.5 Å². The van der Waals surface area contributed by atoms with Crippen LogP contribution in [-0.2, 0) is 18.7 Å². The maximum atomic E-state index is 13.2. The molecule has 7 heteroatoms. The zero-order valence-electron chi connectivity index (χ0n) is 17.0. The highest BCUT2D eigenvalue weighted by molar-refractivity contribution is 7.98. The summed E-state index contributed by atoms with van der Waals surface area (Å²) < 4.78 is 7.00. The number of ether oxygens (including phenoxy) is 1. The fraction of sp³-hybridized carbons (Fsp3) is 0.261. The molecule has 0 unspecified atom stereocenters. The summed E-state index contributed by atoms with van der Waals surface area (Å²) in [5.74, 6) is 1.48. The number of para-hydroxylation sites is 1. The van der Waals surface area contributed by atoms with Gasteiger partial charge in [0.15, 0.2) is 5.16 Å². The number of rotatable bonds is 8. The molecule has 0 aliphatic rings. The van der Waals surface area contributed by atoms with E-state index in [4.69, 9.17) is 14.7 Å². The number of hydrogen-bond acceptors (Lipinski definition) is 6. The van der Waals surface area contributed by atoms with E-state index in [1.54, 1.807) is 34.8 Å². The van der Waals surface area contributed by atoms with Crippen molar-refractivity contribution in [3.05, 3.63) is 80.5 Å². The molecule has 0 bridgehead atoms. The number of hydrogen-bond donors (Lipinski definition) is 0. The van der Waals surface area contributed by atoms with Crippen molar-refractivity contribution in [3.63, 3.8) is 0 Å². The lowest BCUT2D eigenvalue weighted by Gasteiger charge is -2.13. The number of benzene rings is 2. The number of aromatic nitrogens is 3. The minimum atomic E-state index is -0.0242. The second kappa shape index (κ2) is 9.45. The summed E-state index contributed by atoms with van der Waals surface area (Å²) in [7, 11) is 1.64. The van der Waals surface area contributed by atoms with Gasteiger partial charge in [0.2, 0.25) is 0 Å². The van der Waals surface area contributed by atoms with Gasteiger partial charge in [0.25, 0.3) is 5.56 Å². The maximum absolute atomic E-state index is 13.2. The lowest BCUT2D eigenvalue weighted by molar-refractivity contribution is 0.414. The molecule has 0 amide bonds. The third-order valence-electron chi connectivity index (χ3n) is 4.74. The van der Waals surface area contributed by atoms with Crippen LogP contribution in [0.1, 0.15) is 29.6 Å². The van der Waals surface area contributed by atoms with Crippen LogP contribution in [-0.4, -0.2) is 21.6 Å². The van der Waals surface area contributed by atoms with E-state index < -0.39 is 0 Å². The molecule has 0 N–H and O–H groups in total. The fourth-order valence-corrected chi connectivity index (χ4v) is 5.09. The summed E-state index contributed by atoms with van der Waals surface area (Å²) in [5.41, 5.74) is 2.76. The zero-order chi connectivity index (χ0) is 20.9. The smallest absolute Gasteiger partial charge is 0.262 e. The van der Waals surface area contributed by atoms with Gasteiger partial charge in [-0.2, -0.15) is 0 Å². The fourth-order valence-electron chi connectivity index (χ4n) is 3.19. The number of fused-ring (bicyclic) bond motifs is 1. The highest BCUT2D eigenvalue weighted by Gasteiger charge is 2.13. The van der Waals surface area contributed by atoms with Crippen LogP contribution in [0.3, 0.4) is 0 Å². The molecule has 4 rings (SSSR count). The summed E-state index contributed by atoms with van der Waals surface area (Å²) in [4.78, 5) is 22.8. The van der Waals surface area contributed by atoms with E-state index >= 15 is 0 Å². The number of nitrogens with zero attached hydrogens (tertiary/aromatic N) is 3. The van der Waals surface area contributed by atoms with Gasteiger partial charge >= 0.3 is 0 Å². The van der Waals surface area contributed by atoms with Crippen molar-refractivity contribution in [2.75, 3.05) is 7.11 Å². The van der Waals surface area contributed by atoms with E-state index in [0.29, 0.717) is 22.8 Å². The molecule has 0 saturated heterocycles. The van der Waals surface area contributed by atoms with Gasteiger partial charge in [-0.1, -0.05) is 43.0 Å². The first-order valence-corrected chi connectivity index (χ1v) is 11.7. The van der Waals surface area contributed by atoms with Crippen molar-refractivity contribution in [3.8, 4) is 5.75 Å². The van der Waals surface area contributed by atoms with Crippen LogP contribution in [0.4, 0.5) is 0 Å². The number of thiazole rings is 1. The SMILES string of the molecule is CCCc1nc(CSc2nc3ccccc3c(=O)n2Cc2ccc(OC)cc2)cs1. The normalized spacial score (nSPS) is 11.1. The van der Waals surface area contributed by atoms with Crippen molar-refractivity contribution in [2.24, 2.45) is 0 Å². The van der Waals surface area contributed by atoms with E-state index in [1.807, 2.05) is 48.5 Å². The van der Waals surface area contributed by atoms with E-state index in [0.717, 1.165) is 40.4 Å². The summed E-state index contributed by atoms with van der Waals surface area (Å²) in [5, 5.41) is 4.61. The van der Waals surface area contributed by atoms with E-state index in [1.165, 1.54) is 0 Å². The minimum Gasteiger partial charge on any atom is -0.497 e. The Morgan fingerprint density at radius 2 is 1.90 bits per heavy atom. The van der Waals surface area contributed by atoms with Crippen LogP contribution in [0, 0.1) is 0 Å². The van der Waals surface area contributed by atoms with Gasteiger partial charge in [0.05, 0.1) is 35.3 Å². The van der Waals surface area contributed by atoms with E-state index in [2.05, 4.69) is 12.3 Å². The van der Waals surface area contributed by atoms with E-state index in [-0.39, 0.29) is 5.56 Å². The van der Waals surface area contributed by atoms with Crippen LogP contribution in [0.25, 0.3) is 10.9 Å². The van der Waals surface area contributed by atoms with Gasteiger partial charge in [-0.25, -0.2) is 9.97 Å². The summed E-state index contributed by atoms with van der Waals surface area (Å²) in [6.45, 7) is 2.62. The predicted octanol–water partition coefficient (Wildman–Crippen LogP) is 5.15. The van der Waals surface area contributed by atoms with Crippen LogP contribution in [0.5, 0.6) is 5.75 Å². The number of aryl methyl sites for hydroxylation is 1. The van der Waals surface area contributed by atoms with E-state index in [9.17, 15) is 4.79 Å². The Kier molecular flexibility index (Phi) is 6.50. The molecule has 0 radical (unpaired) electrons. The molecule has 4 aromatic rings. The van der Waals surface area contributed by atoms with Gasteiger partial charge < -0.3 is 4.74 Å². The Labute approximate surface area is 183 Å². The predicted molar refractivity (Wildman–Crippen MR) is 124 cm³/mol.